The second-order valence-corrected chi connectivity index (χ2v) is 7.29. The van der Waals surface area contributed by atoms with Crippen molar-refractivity contribution in [2.24, 2.45) is 5.41 Å². The fourth-order valence-corrected chi connectivity index (χ4v) is 4.29. The molecule has 2 fully saturated rings. The Balaban J connectivity index is 1.62. The van der Waals surface area contributed by atoms with E-state index >= 15 is 0 Å². The van der Waals surface area contributed by atoms with E-state index in [0.29, 0.717) is 13.0 Å². The van der Waals surface area contributed by atoms with E-state index in [0.717, 1.165) is 45.4 Å². The van der Waals surface area contributed by atoms with Crippen LogP contribution in [0, 0.1) is 12.3 Å². The predicted octanol–water partition coefficient (Wildman–Crippen LogP) is 2.97. The van der Waals surface area contributed by atoms with E-state index in [1.165, 1.54) is 11.1 Å². The highest BCUT2D eigenvalue weighted by molar-refractivity contribution is 5.76. The first-order chi connectivity index (χ1) is 11.6. The molecule has 0 N–H and O–H groups in total. The van der Waals surface area contributed by atoms with Crippen LogP contribution in [-0.4, -0.2) is 50.3 Å². The van der Waals surface area contributed by atoms with Crippen LogP contribution < -0.4 is 0 Å². The highest BCUT2D eigenvalue weighted by Crippen LogP contribution is 2.40. The van der Waals surface area contributed by atoms with Gasteiger partial charge >= 0.3 is 0 Å². The molecule has 0 unspecified atom stereocenters. The molecule has 2 heterocycles. The fraction of sp³-hybridized carbons (Fsp3) is 0.650. The van der Waals surface area contributed by atoms with Gasteiger partial charge in [0.05, 0.1) is 12.7 Å². The van der Waals surface area contributed by atoms with E-state index in [-0.39, 0.29) is 17.4 Å². The lowest BCUT2D eigenvalue weighted by atomic mass is 9.73. The van der Waals surface area contributed by atoms with Crippen LogP contribution in [0.5, 0.6) is 0 Å². The summed E-state index contributed by atoms with van der Waals surface area (Å²) in [4.78, 5) is 14.8. The van der Waals surface area contributed by atoms with Crippen LogP contribution in [0.1, 0.15) is 36.8 Å². The first-order valence-corrected chi connectivity index (χ1v) is 9.07. The van der Waals surface area contributed by atoms with Gasteiger partial charge in [-0.05, 0) is 43.7 Å². The van der Waals surface area contributed by atoms with E-state index in [1.807, 2.05) is 17.0 Å². The quantitative estimate of drug-likeness (QED) is 0.833. The molecular formula is C20H29NO3. The van der Waals surface area contributed by atoms with Crippen LogP contribution in [-0.2, 0) is 20.7 Å². The Hall–Kier alpha value is -1.39. The zero-order valence-electron chi connectivity index (χ0n) is 14.9. The first-order valence-electron chi connectivity index (χ1n) is 9.07. The smallest absolute Gasteiger partial charge is 0.222 e. The maximum absolute atomic E-state index is 12.7. The van der Waals surface area contributed by atoms with Crippen LogP contribution >= 0.6 is 0 Å². The van der Waals surface area contributed by atoms with Crippen molar-refractivity contribution in [2.75, 3.05) is 33.4 Å². The number of fused-ring (bicyclic) bond motifs is 1. The molecule has 2 aliphatic heterocycles. The minimum Gasteiger partial charge on any atom is -0.384 e. The monoisotopic (exact) mass is 331 g/mol. The molecule has 24 heavy (non-hydrogen) atoms. The Morgan fingerprint density at radius 1 is 1.42 bits per heavy atom. The lowest BCUT2D eigenvalue weighted by Gasteiger charge is -2.50. The molecule has 2 aliphatic rings. The molecule has 3 rings (SSSR count). The van der Waals surface area contributed by atoms with Crippen molar-refractivity contribution in [1.82, 2.24) is 4.90 Å². The topological polar surface area (TPSA) is 38.8 Å². The highest BCUT2D eigenvalue weighted by atomic mass is 16.5. The van der Waals surface area contributed by atoms with Crippen LogP contribution in [0.15, 0.2) is 24.3 Å². The molecule has 0 spiro atoms. The van der Waals surface area contributed by atoms with Crippen molar-refractivity contribution in [3.05, 3.63) is 35.4 Å². The molecule has 2 saturated heterocycles. The number of benzene rings is 1. The van der Waals surface area contributed by atoms with Gasteiger partial charge in [0.2, 0.25) is 5.91 Å². The number of carbonyl (C=O) groups is 1. The molecule has 1 aromatic carbocycles. The van der Waals surface area contributed by atoms with Crippen LogP contribution in [0.4, 0.5) is 0 Å². The maximum atomic E-state index is 12.7. The summed E-state index contributed by atoms with van der Waals surface area (Å²) in [5, 5.41) is 0. The van der Waals surface area contributed by atoms with Crippen molar-refractivity contribution in [3.63, 3.8) is 0 Å². The first kappa shape index (κ1) is 17.4. The van der Waals surface area contributed by atoms with Gasteiger partial charge in [-0.25, -0.2) is 0 Å². The van der Waals surface area contributed by atoms with Crippen LogP contribution in [0.25, 0.3) is 0 Å². The number of rotatable bonds is 5. The molecular weight excluding hydrogens is 302 g/mol. The molecule has 2 atom stereocenters. The fourth-order valence-electron chi connectivity index (χ4n) is 4.29. The van der Waals surface area contributed by atoms with Crippen molar-refractivity contribution in [3.8, 4) is 0 Å². The summed E-state index contributed by atoms with van der Waals surface area (Å²) in [6.07, 6.45) is 4.72. The van der Waals surface area contributed by atoms with Crippen molar-refractivity contribution in [2.45, 2.75) is 45.1 Å². The summed E-state index contributed by atoms with van der Waals surface area (Å²) in [5.41, 5.74) is 2.53. The average molecular weight is 331 g/mol. The number of piperidine rings is 1. The van der Waals surface area contributed by atoms with Crippen LogP contribution in [0.3, 0.4) is 0 Å². The van der Waals surface area contributed by atoms with Gasteiger partial charge in [0.15, 0.2) is 0 Å². The van der Waals surface area contributed by atoms with Gasteiger partial charge in [0.1, 0.15) is 0 Å². The van der Waals surface area contributed by atoms with Crippen molar-refractivity contribution in [1.29, 1.82) is 0 Å². The zero-order chi connectivity index (χ0) is 17.0. The van der Waals surface area contributed by atoms with Gasteiger partial charge in [-0.2, -0.15) is 0 Å². The Labute approximate surface area is 145 Å². The normalized spacial score (nSPS) is 26.9. The molecule has 1 aromatic rings. The van der Waals surface area contributed by atoms with Gasteiger partial charge in [0, 0.05) is 38.6 Å². The number of hydrogen-bond acceptors (Lipinski definition) is 3. The second-order valence-electron chi connectivity index (χ2n) is 7.29. The lowest BCUT2D eigenvalue weighted by Crippen LogP contribution is -2.58. The third-order valence-electron chi connectivity index (χ3n) is 5.64. The number of carbonyl (C=O) groups excluding carboxylic acids is 1. The van der Waals surface area contributed by atoms with E-state index in [1.54, 1.807) is 7.11 Å². The molecule has 4 heteroatoms. The van der Waals surface area contributed by atoms with Gasteiger partial charge in [-0.1, -0.05) is 24.3 Å². The molecule has 0 aliphatic carbocycles. The largest absolute Gasteiger partial charge is 0.384 e. The zero-order valence-corrected chi connectivity index (χ0v) is 14.9. The average Bonchev–Trinajstić information content (AvgIpc) is 2.60. The Morgan fingerprint density at radius 2 is 2.25 bits per heavy atom. The number of methoxy groups -OCH3 is 1. The number of hydrogen-bond donors (Lipinski definition) is 0. The molecule has 132 valence electrons. The Morgan fingerprint density at radius 3 is 3.04 bits per heavy atom. The Kier molecular flexibility index (Phi) is 5.57. The molecule has 0 radical (unpaired) electrons. The second kappa shape index (κ2) is 7.66. The molecule has 0 bridgehead atoms. The summed E-state index contributed by atoms with van der Waals surface area (Å²) in [6.45, 7) is 5.22. The molecule has 1 amide bonds. The summed E-state index contributed by atoms with van der Waals surface area (Å²) in [7, 11) is 1.75. The Bertz CT molecular complexity index is 570. The molecule has 4 nitrogen and oxygen atoms in total. The third-order valence-corrected chi connectivity index (χ3v) is 5.64. The minimum absolute atomic E-state index is 0.0103. The van der Waals surface area contributed by atoms with Gasteiger partial charge < -0.3 is 14.4 Å². The number of likely N-dealkylation sites (tertiary alicyclic amines) is 1. The standard InChI is InChI=1S/C20H29NO3/c1-16-6-3-4-7-17(16)8-9-19(22)21-12-10-18-20(14-21,15-23-2)11-5-13-24-18/h3-4,6-7,18H,5,8-15H2,1-2H3/t18-,20+/m1/s1. The van der Waals surface area contributed by atoms with Gasteiger partial charge in [0.25, 0.3) is 0 Å². The van der Waals surface area contributed by atoms with E-state index in [9.17, 15) is 4.79 Å². The van der Waals surface area contributed by atoms with Crippen molar-refractivity contribution < 1.29 is 14.3 Å². The third kappa shape index (κ3) is 3.65. The predicted molar refractivity (Wildman–Crippen MR) is 94.0 cm³/mol. The number of aryl methyl sites for hydroxylation is 2. The summed E-state index contributed by atoms with van der Waals surface area (Å²) in [5.74, 6) is 0.262. The molecule has 0 aromatic heterocycles. The SMILES string of the molecule is COC[C@@]12CCCO[C@@H]1CCN(C(=O)CCc1ccccc1C)C2. The van der Waals surface area contributed by atoms with E-state index in [2.05, 4.69) is 19.1 Å². The van der Waals surface area contributed by atoms with Gasteiger partial charge in [-0.3, -0.25) is 4.79 Å². The number of ether oxygens (including phenoxy) is 2. The summed E-state index contributed by atoms with van der Waals surface area (Å²) >= 11 is 0. The maximum Gasteiger partial charge on any atom is 0.222 e. The van der Waals surface area contributed by atoms with E-state index in [4.69, 9.17) is 9.47 Å². The van der Waals surface area contributed by atoms with E-state index < -0.39 is 0 Å². The van der Waals surface area contributed by atoms with Crippen LogP contribution in [0.2, 0.25) is 0 Å². The summed E-state index contributed by atoms with van der Waals surface area (Å²) < 4.78 is 11.5. The lowest BCUT2D eigenvalue weighted by molar-refractivity contribution is -0.162. The minimum atomic E-state index is -0.0103. The highest BCUT2D eigenvalue weighted by Gasteiger charge is 2.46. The molecule has 0 saturated carbocycles. The van der Waals surface area contributed by atoms with Gasteiger partial charge in [-0.15, -0.1) is 0 Å². The van der Waals surface area contributed by atoms with Crippen molar-refractivity contribution >= 4 is 5.91 Å². The summed E-state index contributed by atoms with van der Waals surface area (Å²) in [6, 6.07) is 8.32. The number of amides is 1. The number of nitrogens with zero attached hydrogens (tertiary/aromatic N) is 1.